The zero-order valence-electron chi connectivity index (χ0n) is 7.60. The van der Waals surface area contributed by atoms with Crippen LogP contribution in [0.25, 0.3) is 10.8 Å². The Balaban J connectivity index is 2.37. The molecule has 2 aromatic carbocycles. The molecule has 68 valence electrons. The second-order valence-corrected chi connectivity index (χ2v) is 4.66. The molecule has 0 aliphatic rings. The molecule has 2 aromatic rings. The first kappa shape index (κ1) is 9.27. The van der Waals surface area contributed by atoms with Crippen molar-refractivity contribution in [3.8, 4) is 4.97 Å². The Morgan fingerprint density at radius 3 is 2.64 bits per heavy atom. The molecule has 0 aliphatic carbocycles. The summed E-state index contributed by atoms with van der Waals surface area (Å²) < 4.78 is 0. The predicted molar refractivity (Wildman–Crippen MR) is 59.0 cm³/mol. The first-order valence-corrected chi connectivity index (χ1v) is 6.45. The summed E-state index contributed by atoms with van der Waals surface area (Å²) >= 11 is 0.0858. The van der Waals surface area contributed by atoms with Crippen LogP contribution in [0.3, 0.4) is 0 Å². The maximum absolute atomic E-state index is 8.52. The van der Waals surface area contributed by atoms with Crippen molar-refractivity contribution in [2.75, 3.05) is 0 Å². The van der Waals surface area contributed by atoms with Crippen LogP contribution >= 0.6 is 0 Å². The fraction of sp³-hybridized carbons (Fsp3) is 0.0833. The van der Waals surface area contributed by atoms with Crippen molar-refractivity contribution in [3.05, 3.63) is 48.0 Å². The third kappa shape index (κ3) is 1.96. The average Bonchev–Trinajstić information content (AvgIpc) is 2.26. The zero-order chi connectivity index (χ0) is 9.80. The van der Waals surface area contributed by atoms with Gasteiger partial charge in [-0.15, -0.1) is 0 Å². The number of hydrogen-bond donors (Lipinski definition) is 0. The molecule has 0 radical (unpaired) electrons. The molecule has 2 rings (SSSR count). The van der Waals surface area contributed by atoms with Crippen molar-refractivity contribution in [3.63, 3.8) is 0 Å². The monoisotopic (exact) mass is 247 g/mol. The van der Waals surface area contributed by atoms with Crippen LogP contribution < -0.4 is 0 Å². The molecule has 0 amide bonds. The molecule has 0 fully saturated rings. The quantitative estimate of drug-likeness (QED) is 0.747. The molecule has 2 heteroatoms. The molecule has 1 nitrogen and oxygen atoms in total. The Hall–Kier alpha value is -1.29. The van der Waals surface area contributed by atoms with E-state index in [1.807, 2.05) is 12.1 Å². The van der Waals surface area contributed by atoms with E-state index in [0.717, 1.165) is 5.32 Å². The van der Waals surface area contributed by atoms with Gasteiger partial charge in [0.25, 0.3) is 0 Å². The molecule has 0 spiro atoms. The van der Waals surface area contributed by atoms with Gasteiger partial charge in [0.1, 0.15) is 0 Å². The SMILES string of the molecule is N#C[Se]Cc1ccc2ccccc2c1. The first-order valence-electron chi connectivity index (χ1n) is 4.39. The van der Waals surface area contributed by atoms with Crippen LogP contribution in [0.1, 0.15) is 5.56 Å². The van der Waals surface area contributed by atoms with Crippen molar-refractivity contribution >= 4 is 25.7 Å². The van der Waals surface area contributed by atoms with Gasteiger partial charge < -0.3 is 0 Å². The van der Waals surface area contributed by atoms with Gasteiger partial charge in [-0.25, -0.2) is 0 Å². The summed E-state index contributed by atoms with van der Waals surface area (Å²) in [6.45, 7) is 0. The predicted octanol–water partition coefficient (Wildman–Crippen LogP) is 2.53. The van der Waals surface area contributed by atoms with Crippen molar-refractivity contribution < 1.29 is 0 Å². The van der Waals surface area contributed by atoms with E-state index in [1.54, 1.807) is 0 Å². The molecule has 14 heavy (non-hydrogen) atoms. The van der Waals surface area contributed by atoms with Crippen LogP contribution in [-0.4, -0.2) is 15.0 Å². The zero-order valence-corrected chi connectivity index (χ0v) is 9.32. The Morgan fingerprint density at radius 1 is 1.07 bits per heavy atom. The number of benzene rings is 2. The number of nitriles is 1. The number of hydrogen-bond acceptors (Lipinski definition) is 1. The first-order chi connectivity index (χ1) is 6.90. The molecule has 0 unspecified atom stereocenters. The fourth-order valence-corrected chi connectivity index (χ4v) is 2.31. The fourth-order valence-electron chi connectivity index (χ4n) is 1.44. The van der Waals surface area contributed by atoms with Crippen LogP contribution in [0.4, 0.5) is 0 Å². The van der Waals surface area contributed by atoms with Crippen LogP contribution in [-0.2, 0) is 5.32 Å². The summed E-state index contributed by atoms with van der Waals surface area (Å²) in [5.74, 6) is 0. The minimum atomic E-state index is 0.0858. The number of fused-ring (bicyclic) bond motifs is 1. The number of rotatable bonds is 2. The van der Waals surface area contributed by atoms with Gasteiger partial charge in [0.05, 0.1) is 0 Å². The standard InChI is InChI=1S/C12H9NSe/c13-9-14-8-10-5-6-11-3-1-2-4-12(11)7-10/h1-7H,8H2. The second-order valence-electron chi connectivity index (χ2n) is 3.06. The normalized spacial score (nSPS) is 9.93. The molecular weight excluding hydrogens is 237 g/mol. The molecule has 0 saturated carbocycles. The third-order valence-electron chi connectivity index (χ3n) is 2.12. The van der Waals surface area contributed by atoms with Crippen LogP contribution in [0.15, 0.2) is 42.5 Å². The Labute approximate surface area is 89.5 Å². The van der Waals surface area contributed by atoms with E-state index in [9.17, 15) is 0 Å². The molecular formula is C12H9NSe. The summed E-state index contributed by atoms with van der Waals surface area (Å²) in [6, 6.07) is 14.7. The molecule has 0 aromatic heterocycles. The average molecular weight is 246 g/mol. The van der Waals surface area contributed by atoms with Crippen molar-refractivity contribution in [2.45, 2.75) is 5.32 Å². The van der Waals surface area contributed by atoms with Gasteiger partial charge >= 0.3 is 89.3 Å². The molecule has 0 saturated heterocycles. The van der Waals surface area contributed by atoms with Gasteiger partial charge in [-0.05, 0) is 0 Å². The Kier molecular flexibility index (Phi) is 2.84. The number of nitrogens with zero attached hydrogens (tertiary/aromatic N) is 1. The van der Waals surface area contributed by atoms with E-state index in [2.05, 4.69) is 35.3 Å². The van der Waals surface area contributed by atoms with Gasteiger partial charge in [-0.3, -0.25) is 0 Å². The van der Waals surface area contributed by atoms with Gasteiger partial charge in [0.2, 0.25) is 0 Å². The third-order valence-corrected chi connectivity index (χ3v) is 3.39. The summed E-state index contributed by atoms with van der Waals surface area (Å²) in [5.41, 5.74) is 1.27. The maximum atomic E-state index is 8.52. The van der Waals surface area contributed by atoms with Gasteiger partial charge in [-0.1, -0.05) is 0 Å². The molecule has 0 bridgehead atoms. The molecule has 0 N–H and O–H groups in total. The van der Waals surface area contributed by atoms with E-state index >= 15 is 0 Å². The Bertz CT molecular complexity index is 485. The van der Waals surface area contributed by atoms with Crippen molar-refractivity contribution in [1.29, 1.82) is 5.26 Å². The van der Waals surface area contributed by atoms with Gasteiger partial charge in [0.15, 0.2) is 0 Å². The van der Waals surface area contributed by atoms with E-state index in [0.29, 0.717) is 0 Å². The van der Waals surface area contributed by atoms with Gasteiger partial charge in [-0.2, -0.15) is 0 Å². The van der Waals surface area contributed by atoms with Crippen molar-refractivity contribution in [2.24, 2.45) is 0 Å². The summed E-state index contributed by atoms with van der Waals surface area (Å²) in [7, 11) is 0. The summed E-state index contributed by atoms with van der Waals surface area (Å²) in [5, 5.41) is 12.0. The van der Waals surface area contributed by atoms with E-state index in [4.69, 9.17) is 5.26 Å². The van der Waals surface area contributed by atoms with Crippen LogP contribution in [0, 0.1) is 10.2 Å². The topological polar surface area (TPSA) is 23.8 Å². The summed E-state index contributed by atoms with van der Waals surface area (Å²) in [4.78, 5) is 2.23. The molecule has 0 atom stereocenters. The van der Waals surface area contributed by atoms with E-state index in [-0.39, 0.29) is 15.0 Å². The molecule has 0 aliphatic heterocycles. The van der Waals surface area contributed by atoms with E-state index < -0.39 is 0 Å². The van der Waals surface area contributed by atoms with Gasteiger partial charge in [0, 0.05) is 0 Å². The van der Waals surface area contributed by atoms with Crippen molar-refractivity contribution in [1.82, 2.24) is 0 Å². The Morgan fingerprint density at radius 2 is 1.86 bits per heavy atom. The van der Waals surface area contributed by atoms with Crippen LogP contribution in [0.2, 0.25) is 0 Å². The summed E-state index contributed by atoms with van der Waals surface area (Å²) in [6.07, 6.45) is 0. The minimum absolute atomic E-state index is 0.0858. The van der Waals surface area contributed by atoms with Crippen LogP contribution in [0.5, 0.6) is 0 Å². The second kappa shape index (κ2) is 4.28. The van der Waals surface area contributed by atoms with E-state index in [1.165, 1.54) is 16.3 Å². The molecule has 0 heterocycles.